The summed E-state index contributed by atoms with van der Waals surface area (Å²) in [5.74, 6) is 0.513. The van der Waals surface area contributed by atoms with Crippen LogP contribution >= 0.6 is 11.6 Å². The number of hydrogen-bond acceptors (Lipinski definition) is 1. The fourth-order valence-corrected chi connectivity index (χ4v) is 1.06. The molecule has 0 spiro atoms. The van der Waals surface area contributed by atoms with Crippen molar-refractivity contribution >= 4 is 11.6 Å². The van der Waals surface area contributed by atoms with Crippen molar-refractivity contribution in [2.24, 2.45) is 0 Å². The molecule has 3 heteroatoms. The zero-order valence-electron chi connectivity index (χ0n) is 6.76. The van der Waals surface area contributed by atoms with Crippen molar-refractivity contribution in [3.63, 3.8) is 0 Å². The van der Waals surface area contributed by atoms with E-state index in [0.29, 0.717) is 5.88 Å². The van der Waals surface area contributed by atoms with Crippen molar-refractivity contribution in [1.82, 2.24) is 9.78 Å². The van der Waals surface area contributed by atoms with Crippen LogP contribution in [0.2, 0.25) is 0 Å². The molecule has 0 radical (unpaired) electrons. The van der Waals surface area contributed by atoms with Gasteiger partial charge in [0.05, 0.1) is 11.6 Å². The molecule has 1 heterocycles. The van der Waals surface area contributed by atoms with Crippen LogP contribution in [0.15, 0.2) is 12.3 Å². The number of alkyl halides is 1. The summed E-state index contributed by atoms with van der Waals surface area (Å²) >= 11 is 5.60. The predicted octanol–water partition coefficient (Wildman–Crippen LogP) is 2.42. The van der Waals surface area contributed by atoms with E-state index in [1.165, 1.54) is 12.8 Å². The minimum atomic E-state index is 0.513. The Balaban J connectivity index is 2.44. The van der Waals surface area contributed by atoms with Gasteiger partial charge in [-0.15, -0.1) is 11.6 Å². The highest BCUT2D eigenvalue weighted by molar-refractivity contribution is 6.16. The molecule has 0 amide bonds. The van der Waals surface area contributed by atoms with Gasteiger partial charge in [-0.1, -0.05) is 13.3 Å². The highest BCUT2D eigenvalue weighted by Gasteiger charge is 1.95. The van der Waals surface area contributed by atoms with Crippen LogP contribution in [-0.4, -0.2) is 9.78 Å². The molecule has 2 nitrogen and oxygen atoms in total. The summed E-state index contributed by atoms with van der Waals surface area (Å²) in [6.45, 7) is 3.18. The average Bonchev–Trinajstić information content (AvgIpc) is 2.48. The van der Waals surface area contributed by atoms with Crippen LogP contribution in [0, 0.1) is 0 Å². The molecule has 0 aliphatic rings. The fourth-order valence-electron chi connectivity index (χ4n) is 0.920. The second-order valence-electron chi connectivity index (χ2n) is 2.56. The van der Waals surface area contributed by atoms with Gasteiger partial charge in [0, 0.05) is 12.7 Å². The number of aromatic nitrogens is 2. The molecule has 0 fully saturated rings. The van der Waals surface area contributed by atoms with Crippen molar-refractivity contribution in [2.75, 3.05) is 0 Å². The standard InChI is InChI=1S/C8H13ClN2/c1-2-3-5-11-6-4-8(7-9)10-11/h4,6H,2-3,5,7H2,1H3. The summed E-state index contributed by atoms with van der Waals surface area (Å²) in [6, 6.07) is 1.96. The molecule has 0 aliphatic carbocycles. The van der Waals surface area contributed by atoms with Crippen molar-refractivity contribution in [3.05, 3.63) is 18.0 Å². The van der Waals surface area contributed by atoms with E-state index in [4.69, 9.17) is 11.6 Å². The maximum absolute atomic E-state index is 5.60. The first-order chi connectivity index (χ1) is 5.36. The van der Waals surface area contributed by atoms with E-state index in [0.717, 1.165) is 12.2 Å². The van der Waals surface area contributed by atoms with Gasteiger partial charge in [-0.25, -0.2) is 0 Å². The topological polar surface area (TPSA) is 17.8 Å². The van der Waals surface area contributed by atoms with Gasteiger partial charge in [0.25, 0.3) is 0 Å². The molecule has 0 bridgehead atoms. The van der Waals surface area contributed by atoms with Gasteiger partial charge in [0.1, 0.15) is 0 Å². The lowest BCUT2D eigenvalue weighted by Crippen LogP contribution is -1.98. The third kappa shape index (κ3) is 2.54. The highest BCUT2D eigenvalue weighted by Crippen LogP contribution is 2.00. The van der Waals surface area contributed by atoms with Crippen LogP contribution in [0.1, 0.15) is 25.5 Å². The lowest BCUT2D eigenvalue weighted by atomic mass is 10.3. The first-order valence-corrected chi connectivity index (χ1v) is 4.48. The smallest absolute Gasteiger partial charge is 0.0772 e. The number of aryl methyl sites for hydroxylation is 1. The van der Waals surface area contributed by atoms with E-state index in [2.05, 4.69) is 12.0 Å². The maximum atomic E-state index is 5.60. The van der Waals surface area contributed by atoms with Crippen LogP contribution in [0.5, 0.6) is 0 Å². The zero-order chi connectivity index (χ0) is 8.10. The van der Waals surface area contributed by atoms with E-state index >= 15 is 0 Å². The highest BCUT2D eigenvalue weighted by atomic mass is 35.5. The van der Waals surface area contributed by atoms with Crippen LogP contribution in [0.4, 0.5) is 0 Å². The predicted molar refractivity (Wildman–Crippen MR) is 46.7 cm³/mol. The molecule has 1 aromatic rings. The largest absolute Gasteiger partial charge is 0.272 e. The number of hydrogen-bond donors (Lipinski definition) is 0. The molecule has 0 atom stereocenters. The number of nitrogens with zero attached hydrogens (tertiary/aromatic N) is 2. The van der Waals surface area contributed by atoms with Crippen molar-refractivity contribution in [2.45, 2.75) is 32.2 Å². The number of unbranched alkanes of at least 4 members (excludes halogenated alkanes) is 1. The molecule has 0 saturated carbocycles. The van der Waals surface area contributed by atoms with E-state index in [-0.39, 0.29) is 0 Å². The van der Waals surface area contributed by atoms with Crippen molar-refractivity contribution in [3.8, 4) is 0 Å². The van der Waals surface area contributed by atoms with E-state index < -0.39 is 0 Å². The lowest BCUT2D eigenvalue weighted by molar-refractivity contribution is 0.568. The van der Waals surface area contributed by atoms with Gasteiger partial charge in [0.2, 0.25) is 0 Å². The third-order valence-electron chi connectivity index (χ3n) is 1.57. The Labute approximate surface area is 72.2 Å². The van der Waals surface area contributed by atoms with Crippen molar-refractivity contribution < 1.29 is 0 Å². The van der Waals surface area contributed by atoms with Gasteiger partial charge in [0.15, 0.2) is 0 Å². The van der Waals surface area contributed by atoms with Gasteiger partial charge in [-0.3, -0.25) is 4.68 Å². The van der Waals surface area contributed by atoms with Gasteiger partial charge in [-0.2, -0.15) is 5.10 Å². The monoisotopic (exact) mass is 172 g/mol. The van der Waals surface area contributed by atoms with E-state index in [1.807, 2.05) is 16.9 Å². The van der Waals surface area contributed by atoms with Gasteiger partial charge >= 0.3 is 0 Å². The zero-order valence-corrected chi connectivity index (χ0v) is 7.51. The molecule has 0 aromatic carbocycles. The molecule has 0 unspecified atom stereocenters. The summed E-state index contributed by atoms with van der Waals surface area (Å²) in [4.78, 5) is 0. The second-order valence-corrected chi connectivity index (χ2v) is 2.82. The Morgan fingerprint density at radius 2 is 2.45 bits per heavy atom. The Bertz CT molecular complexity index is 208. The molecule has 0 aliphatic heterocycles. The molecular formula is C8H13ClN2. The molecule has 62 valence electrons. The van der Waals surface area contributed by atoms with E-state index in [9.17, 15) is 0 Å². The molecule has 11 heavy (non-hydrogen) atoms. The quantitative estimate of drug-likeness (QED) is 0.638. The Kier molecular flexibility index (Phi) is 3.43. The molecular weight excluding hydrogens is 160 g/mol. The maximum Gasteiger partial charge on any atom is 0.0772 e. The van der Waals surface area contributed by atoms with Crippen LogP contribution < -0.4 is 0 Å². The minimum Gasteiger partial charge on any atom is -0.272 e. The molecule has 0 N–H and O–H groups in total. The number of rotatable bonds is 4. The summed E-state index contributed by atoms with van der Waals surface area (Å²) < 4.78 is 1.95. The van der Waals surface area contributed by atoms with Crippen LogP contribution in [0.3, 0.4) is 0 Å². The molecule has 1 rings (SSSR count). The Hall–Kier alpha value is -0.500. The fraction of sp³-hybridized carbons (Fsp3) is 0.625. The first-order valence-electron chi connectivity index (χ1n) is 3.95. The Morgan fingerprint density at radius 1 is 1.64 bits per heavy atom. The third-order valence-corrected chi connectivity index (χ3v) is 1.85. The normalized spacial score (nSPS) is 10.4. The first kappa shape index (κ1) is 8.60. The lowest BCUT2D eigenvalue weighted by Gasteiger charge is -1.97. The summed E-state index contributed by atoms with van der Waals surface area (Å²) in [7, 11) is 0. The SMILES string of the molecule is CCCCn1ccc(CCl)n1. The van der Waals surface area contributed by atoms with Crippen LogP contribution in [0.25, 0.3) is 0 Å². The van der Waals surface area contributed by atoms with Crippen molar-refractivity contribution in [1.29, 1.82) is 0 Å². The summed E-state index contributed by atoms with van der Waals surface area (Å²) in [5, 5.41) is 4.25. The molecule has 0 saturated heterocycles. The van der Waals surface area contributed by atoms with Crippen LogP contribution in [-0.2, 0) is 12.4 Å². The second kappa shape index (κ2) is 4.39. The van der Waals surface area contributed by atoms with E-state index in [1.54, 1.807) is 0 Å². The summed E-state index contributed by atoms with van der Waals surface area (Å²) in [6.07, 6.45) is 4.37. The molecule has 1 aromatic heterocycles. The Morgan fingerprint density at radius 3 is 3.00 bits per heavy atom. The average molecular weight is 173 g/mol. The summed E-state index contributed by atoms with van der Waals surface area (Å²) in [5.41, 5.74) is 0.961. The minimum absolute atomic E-state index is 0.513. The van der Waals surface area contributed by atoms with Gasteiger partial charge < -0.3 is 0 Å². The van der Waals surface area contributed by atoms with Gasteiger partial charge in [-0.05, 0) is 12.5 Å². The number of halogens is 1.